The summed E-state index contributed by atoms with van der Waals surface area (Å²) in [5.41, 5.74) is 2.70. The van der Waals surface area contributed by atoms with Crippen molar-refractivity contribution in [3.05, 3.63) is 66.1 Å². The van der Waals surface area contributed by atoms with Crippen LogP contribution in [0.25, 0.3) is 10.4 Å². The van der Waals surface area contributed by atoms with Crippen molar-refractivity contribution in [2.75, 3.05) is 5.32 Å². The fraction of sp³-hybridized carbons (Fsp3) is 0.118. The number of nitrogens with one attached hydrogen (secondary N) is 1. The van der Waals surface area contributed by atoms with Gasteiger partial charge < -0.3 is 5.32 Å². The Morgan fingerprint density at radius 1 is 1.09 bits per heavy atom. The predicted octanol–water partition coefficient (Wildman–Crippen LogP) is 3.92. The highest BCUT2D eigenvalue weighted by Crippen LogP contribution is 2.23. The van der Waals surface area contributed by atoms with E-state index in [2.05, 4.69) is 14.9 Å². The van der Waals surface area contributed by atoms with Crippen LogP contribution in [0.1, 0.15) is 12.0 Å². The Kier molecular flexibility index (Phi) is 4.73. The molecule has 1 heterocycles. The van der Waals surface area contributed by atoms with Crippen LogP contribution in [0.15, 0.2) is 54.7 Å². The third kappa shape index (κ3) is 4.20. The maximum atomic E-state index is 12.8. The largest absolute Gasteiger partial charge is 0.326 e. The van der Waals surface area contributed by atoms with Crippen LogP contribution in [0.4, 0.5) is 10.1 Å². The van der Waals surface area contributed by atoms with Gasteiger partial charge in [-0.25, -0.2) is 4.39 Å². The van der Waals surface area contributed by atoms with E-state index in [-0.39, 0.29) is 11.7 Å². The lowest BCUT2D eigenvalue weighted by Crippen LogP contribution is -2.12. The Bertz CT molecular complexity index is 771. The molecule has 0 unspecified atom stereocenters. The summed E-state index contributed by atoms with van der Waals surface area (Å²) in [6.45, 7) is 0. The van der Waals surface area contributed by atoms with E-state index in [1.165, 1.54) is 23.7 Å². The Morgan fingerprint density at radius 3 is 2.48 bits per heavy atom. The first-order valence-electron chi connectivity index (χ1n) is 7.13. The molecule has 0 saturated carbocycles. The molecule has 116 valence electrons. The van der Waals surface area contributed by atoms with Gasteiger partial charge in [-0.1, -0.05) is 28.8 Å². The van der Waals surface area contributed by atoms with Crippen molar-refractivity contribution in [1.29, 1.82) is 0 Å². The summed E-state index contributed by atoms with van der Waals surface area (Å²) in [6, 6.07) is 13.7. The molecular formula is C17H14FN3OS. The number of benzene rings is 2. The predicted molar refractivity (Wildman–Crippen MR) is 88.7 cm³/mol. The van der Waals surface area contributed by atoms with Crippen molar-refractivity contribution in [1.82, 2.24) is 9.59 Å². The lowest BCUT2D eigenvalue weighted by atomic mass is 10.1. The van der Waals surface area contributed by atoms with E-state index in [4.69, 9.17) is 0 Å². The van der Waals surface area contributed by atoms with Gasteiger partial charge in [0.2, 0.25) is 5.91 Å². The second-order valence-electron chi connectivity index (χ2n) is 5.03. The fourth-order valence-electron chi connectivity index (χ4n) is 2.14. The van der Waals surface area contributed by atoms with Gasteiger partial charge in [0, 0.05) is 12.1 Å². The van der Waals surface area contributed by atoms with E-state index in [9.17, 15) is 9.18 Å². The molecule has 0 aliphatic heterocycles. The molecule has 0 atom stereocenters. The average molecular weight is 327 g/mol. The van der Waals surface area contributed by atoms with Crippen LogP contribution < -0.4 is 5.32 Å². The van der Waals surface area contributed by atoms with Gasteiger partial charge in [-0.2, -0.15) is 0 Å². The summed E-state index contributed by atoms with van der Waals surface area (Å²) in [5.74, 6) is -0.337. The van der Waals surface area contributed by atoms with Crippen LogP contribution in [0.2, 0.25) is 0 Å². The van der Waals surface area contributed by atoms with Gasteiger partial charge in [0.25, 0.3) is 0 Å². The van der Waals surface area contributed by atoms with Crippen molar-refractivity contribution in [3.63, 3.8) is 0 Å². The van der Waals surface area contributed by atoms with E-state index < -0.39 is 0 Å². The number of carbonyl (C=O) groups excluding carboxylic acids is 1. The van der Waals surface area contributed by atoms with Gasteiger partial charge in [0.15, 0.2) is 0 Å². The minimum atomic E-state index is -0.269. The van der Waals surface area contributed by atoms with Crippen molar-refractivity contribution in [2.24, 2.45) is 0 Å². The van der Waals surface area contributed by atoms with E-state index in [0.717, 1.165) is 21.7 Å². The number of nitrogens with zero attached hydrogens (tertiary/aromatic N) is 2. The zero-order valence-electron chi connectivity index (χ0n) is 12.2. The van der Waals surface area contributed by atoms with Crippen LogP contribution in [-0.4, -0.2) is 15.5 Å². The van der Waals surface area contributed by atoms with Crippen molar-refractivity contribution in [3.8, 4) is 10.4 Å². The zero-order chi connectivity index (χ0) is 16.1. The molecule has 6 heteroatoms. The number of carbonyl (C=O) groups is 1. The lowest BCUT2D eigenvalue weighted by Gasteiger charge is -2.06. The number of amides is 1. The normalized spacial score (nSPS) is 10.5. The highest BCUT2D eigenvalue weighted by Gasteiger charge is 2.05. The molecule has 0 radical (unpaired) electrons. The van der Waals surface area contributed by atoms with Gasteiger partial charge in [-0.05, 0) is 53.3 Å². The van der Waals surface area contributed by atoms with Crippen LogP contribution >= 0.6 is 11.5 Å². The summed E-state index contributed by atoms with van der Waals surface area (Å²) in [4.78, 5) is 12.9. The van der Waals surface area contributed by atoms with Gasteiger partial charge >= 0.3 is 0 Å². The van der Waals surface area contributed by atoms with Crippen molar-refractivity contribution in [2.45, 2.75) is 12.8 Å². The molecule has 2 aromatic carbocycles. The SMILES string of the molecule is O=C(CCc1ccc(F)cc1)Nc1ccc(-c2cnns2)cc1. The van der Waals surface area contributed by atoms with Gasteiger partial charge in [-0.3, -0.25) is 4.79 Å². The van der Waals surface area contributed by atoms with E-state index in [1.807, 2.05) is 24.3 Å². The number of aryl methyl sites for hydroxylation is 1. The Hall–Kier alpha value is -2.60. The van der Waals surface area contributed by atoms with E-state index in [0.29, 0.717) is 12.8 Å². The topological polar surface area (TPSA) is 54.9 Å². The highest BCUT2D eigenvalue weighted by atomic mass is 32.1. The van der Waals surface area contributed by atoms with Crippen LogP contribution in [0.3, 0.4) is 0 Å². The molecular weight excluding hydrogens is 313 g/mol. The van der Waals surface area contributed by atoms with Gasteiger partial charge in [-0.15, -0.1) is 5.10 Å². The van der Waals surface area contributed by atoms with E-state index >= 15 is 0 Å². The smallest absolute Gasteiger partial charge is 0.224 e. The zero-order valence-corrected chi connectivity index (χ0v) is 13.0. The Balaban J connectivity index is 1.54. The third-order valence-corrected chi connectivity index (χ3v) is 4.08. The third-order valence-electron chi connectivity index (χ3n) is 3.37. The molecule has 1 N–H and O–H groups in total. The molecule has 0 saturated heterocycles. The molecule has 3 aromatic rings. The second-order valence-corrected chi connectivity index (χ2v) is 5.82. The second kappa shape index (κ2) is 7.11. The van der Waals surface area contributed by atoms with Crippen LogP contribution in [0, 0.1) is 5.82 Å². The first kappa shape index (κ1) is 15.3. The fourth-order valence-corrected chi connectivity index (χ4v) is 2.66. The Morgan fingerprint density at radius 2 is 1.83 bits per heavy atom. The van der Waals surface area contributed by atoms with Gasteiger partial charge in [0.05, 0.1) is 11.1 Å². The first-order valence-corrected chi connectivity index (χ1v) is 7.90. The number of rotatable bonds is 5. The molecule has 1 aromatic heterocycles. The molecule has 23 heavy (non-hydrogen) atoms. The Labute approximate surface area is 137 Å². The monoisotopic (exact) mass is 327 g/mol. The minimum Gasteiger partial charge on any atom is -0.326 e. The summed E-state index contributed by atoms with van der Waals surface area (Å²) in [7, 11) is 0. The number of hydrogen-bond acceptors (Lipinski definition) is 4. The number of hydrogen-bond donors (Lipinski definition) is 1. The van der Waals surface area contributed by atoms with Crippen LogP contribution in [0.5, 0.6) is 0 Å². The number of halogens is 1. The van der Waals surface area contributed by atoms with Crippen LogP contribution in [-0.2, 0) is 11.2 Å². The van der Waals surface area contributed by atoms with Crippen molar-refractivity contribution >= 4 is 23.1 Å². The summed E-state index contributed by atoms with van der Waals surface area (Å²) in [5, 5.41) is 6.66. The maximum absolute atomic E-state index is 12.8. The maximum Gasteiger partial charge on any atom is 0.224 e. The molecule has 3 rings (SSSR count). The lowest BCUT2D eigenvalue weighted by molar-refractivity contribution is -0.116. The van der Waals surface area contributed by atoms with Gasteiger partial charge in [0.1, 0.15) is 5.82 Å². The molecule has 4 nitrogen and oxygen atoms in total. The summed E-state index contributed by atoms with van der Waals surface area (Å²) in [6.07, 6.45) is 2.64. The molecule has 0 aliphatic carbocycles. The first-order chi connectivity index (χ1) is 11.2. The standard InChI is InChI=1S/C17H14FN3OS/c18-14-6-1-12(2-7-14)3-10-17(22)20-15-8-4-13(5-9-15)16-11-19-21-23-16/h1-2,4-9,11H,3,10H2,(H,20,22). The molecule has 1 amide bonds. The summed E-state index contributed by atoms with van der Waals surface area (Å²) >= 11 is 1.33. The molecule has 0 fully saturated rings. The molecule has 0 aliphatic rings. The molecule has 0 bridgehead atoms. The summed E-state index contributed by atoms with van der Waals surface area (Å²) < 4.78 is 16.6. The van der Waals surface area contributed by atoms with Crippen molar-refractivity contribution < 1.29 is 9.18 Å². The number of anilines is 1. The molecule has 0 spiro atoms. The van der Waals surface area contributed by atoms with E-state index in [1.54, 1.807) is 18.3 Å². The average Bonchev–Trinajstić information content (AvgIpc) is 3.09. The highest BCUT2D eigenvalue weighted by molar-refractivity contribution is 7.09. The number of aromatic nitrogens is 2. The minimum absolute atomic E-state index is 0.0680. The quantitative estimate of drug-likeness (QED) is 0.773.